The van der Waals surface area contributed by atoms with Crippen molar-refractivity contribution in [3.63, 3.8) is 0 Å². The van der Waals surface area contributed by atoms with Crippen LogP contribution in [0.15, 0.2) is 72.8 Å². The van der Waals surface area contributed by atoms with Gasteiger partial charge in [-0.25, -0.2) is 0 Å². The molecule has 0 radical (unpaired) electrons. The summed E-state index contributed by atoms with van der Waals surface area (Å²) in [5, 5.41) is 20.8. The molecule has 39 heavy (non-hydrogen) atoms. The van der Waals surface area contributed by atoms with Crippen molar-refractivity contribution in [3.8, 4) is 17.0 Å². The fraction of sp³-hybridized carbons (Fsp3) is 0.323. The summed E-state index contributed by atoms with van der Waals surface area (Å²) < 4.78 is 6.14. The first-order valence-electron chi connectivity index (χ1n) is 13.6. The maximum absolute atomic E-state index is 13.3. The number of aliphatic hydroxyl groups excluding tert-OH is 1. The van der Waals surface area contributed by atoms with Crippen LogP contribution in [0.3, 0.4) is 0 Å². The van der Waals surface area contributed by atoms with Gasteiger partial charge in [0.1, 0.15) is 18.5 Å². The smallest absolute Gasteiger partial charge is 0.251 e. The lowest BCUT2D eigenvalue weighted by Crippen LogP contribution is -2.42. The summed E-state index contributed by atoms with van der Waals surface area (Å²) in [6, 6.07) is 23.7. The van der Waals surface area contributed by atoms with E-state index in [1.807, 2.05) is 60.7 Å². The van der Waals surface area contributed by atoms with Crippen LogP contribution >= 0.6 is 0 Å². The Morgan fingerprint density at radius 3 is 2.44 bits per heavy atom. The number of nitrogens with one attached hydrogen (secondary N) is 2. The molecule has 3 aromatic carbocycles. The lowest BCUT2D eigenvalue weighted by molar-refractivity contribution is -0.135. The molecule has 1 aliphatic carbocycles. The third-order valence-corrected chi connectivity index (χ3v) is 7.72. The molecule has 2 aliphatic rings. The Kier molecular flexibility index (Phi) is 7.02. The highest BCUT2D eigenvalue weighted by Gasteiger charge is 2.33. The number of likely N-dealkylation sites (tertiary alicyclic amines) is 1. The third-order valence-electron chi connectivity index (χ3n) is 7.72. The van der Waals surface area contributed by atoms with Gasteiger partial charge in [-0.1, -0.05) is 30.3 Å². The van der Waals surface area contributed by atoms with Crippen molar-refractivity contribution in [2.75, 3.05) is 19.7 Å². The zero-order chi connectivity index (χ0) is 26.8. The van der Waals surface area contributed by atoms with Crippen LogP contribution < -0.4 is 10.1 Å². The largest absolute Gasteiger partial charge is 0.490 e. The third kappa shape index (κ3) is 5.52. The van der Waals surface area contributed by atoms with Crippen LogP contribution in [0.4, 0.5) is 0 Å². The van der Waals surface area contributed by atoms with E-state index in [2.05, 4.69) is 27.6 Å². The van der Waals surface area contributed by atoms with Crippen LogP contribution in [0.1, 0.15) is 47.6 Å². The molecular formula is C31H32N4O4. The van der Waals surface area contributed by atoms with E-state index in [4.69, 9.17) is 9.84 Å². The van der Waals surface area contributed by atoms with Crippen LogP contribution in [0.5, 0.6) is 5.75 Å². The SMILES string of the molecule is O=C(NC(c1ccccc1)C1CC1)c1ccc2[nH]nc(-c3ccc(OC4CCN(C(=O)CO)CC4)cc3)c2c1. The van der Waals surface area contributed by atoms with Crippen molar-refractivity contribution >= 4 is 22.7 Å². The molecule has 1 unspecified atom stereocenters. The van der Waals surface area contributed by atoms with Gasteiger partial charge in [0.15, 0.2) is 0 Å². The van der Waals surface area contributed by atoms with Gasteiger partial charge in [0.25, 0.3) is 5.91 Å². The van der Waals surface area contributed by atoms with E-state index in [1.54, 1.807) is 4.90 Å². The molecule has 1 aliphatic heterocycles. The first kappa shape index (κ1) is 25.1. The summed E-state index contributed by atoms with van der Waals surface area (Å²) in [5.41, 5.74) is 4.33. The average Bonchev–Trinajstić information content (AvgIpc) is 3.74. The number of hydrogen-bond donors (Lipinski definition) is 3. The molecular weight excluding hydrogens is 492 g/mol. The number of carbonyl (C=O) groups is 2. The number of carbonyl (C=O) groups excluding carboxylic acids is 2. The highest BCUT2D eigenvalue weighted by molar-refractivity contribution is 6.01. The Morgan fingerprint density at radius 1 is 1.00 bits per heavy atom. The summed E-state index contributed by atoms with van der Waals surface area (Å²) in [6.45, 7) is 0.726. The average molecular weight is 525 g/mol. The van der Waals surface area contributed by atoms with E-state index in [1.165, 1.54) is 0 Å². The second-order valence-corrected chi connectivity index (χ2v) is 10.4. The van der Waals surface area contributed by atoms with Crippen molar-refractivity contribution in [1.29, 1.82) is 0 Å². The number of hydrogen-bond acceptors (Lipinski definition) is 5. The summed E-state index contributed by atoms with van der Waals surface area (Å²) in [7, 11) is 0. The van der Waals surface area contributed by atoms with Crippen LogP contribution in [0.2, 0.25) is 0 Å². The number of aromatic amines is 1. The standard InChI is InChI=1S/C31H32N4O4/c36-19-28(37)35-16-14-25(15-17-35)39-24-11-8-22(9-12-24)30-26-18-23(10-13-27(26)33-34-30)31(38)32-29(21-6-7-21)20-4-2-1-3-5-20/h1-5,8-13,18,21,25,29,36H,6-7,14-17,19H2,(H,32,38)(H,33,34). The number of amides is 2. The molecule has 2 amide bonds. The minimum absolute atomic E-state index is 0.0214. The van der Waals surface area contributed by atoms with Gasteiger partial charge in [0, 0.05) is 42.4 Å². The predicted molar refractivity (Wildman–Crippen MR) is 148 cm³/mol. The normalized spacial score (nSPS) is 16.7. The molecule has 0 bridgehead atoms. The number of aliphatic hydroxyl groups is 1. The quantitative estimate of drug-likeness (QED) is 0.315. The molecule has 1 aromatic heterocycles. The molecule has 0 spiro atoms. The van der Waals surface area contributed by atoms with Crippen molar-refractivity contribution < 1.29 is 19.4 Å². The van der Waals surface area contributed by atoms with Crippen molar-refractivity contribution in [1.82, 2.24) is 20.4 Å². The Bertz CT molecular complexity index is 1460. The van der Waals surface area contributed by atoms with Crippen molar-refractivity contribution in [2.24, 2.45) is 5.92 Å². The van der Waals surface area contributed by atoms with E-state index in [0.29, 0.717) is 24.6 Å². The molecule has 2 heterocycles. The Balaban J connectivity index is 1.15. The number of H-pyrrole nitrogens is 1. The summed E-state index contributed by atoms with van der Waals surface area (Å²) in [6.07, 6.45) is 3.75. The minimum Gasteiger partial charge on any atom is -0.490 e. The Labute approximate surface area is 227 Å². The molecule has 6 rings (SSSR count). The molecule has 1 atom stereocenters. The Hall–Kier alpha value is -4.17. The predicted octanol–water partition coefficient (Wildman–Crippen LogP) is 4.47. The second-order valence-electron chi connectivity index (χ2n) is 10.4. The van der Waals surface area contributed by atoms with Gasteiger partial charge < -0.3 is 20.1 Å². The number of nitrogens with zero attached hydrogens (tertiary/aromatic N) is 2. The number of piperidine rings is 1. The fourth-order valence-electron chi connectivity index (χ4n) is 5.37. The van der Waals surface area contributed by atoms with Gasteiger partial charge in [0.2, 0.25) is 5.91 Å². The maximum atomic E-state index is 13.3. The van der Waals surface area contributed by atoms with Gasteiger partial charge in [-0.15, -0.1) is 0 Å². The zero-order valence-corrected chi connectivity index (χ0v) is 21.7. The van der Waals surface area contributed by atoms with Crippen LogP contribution in [-0.2, 0) is 4.79 Å². The first-order valence-corrected chi connectivity index (χ1v) is 13.6. The number of fused-ring (bicyclic) bond motifs is 1. The van der Waals surface area contributed by atoms with E-state index in [-0.39, 0.29) is 24.0 Å². The number of ether oxygens (including phenoxy) is 1. The van der Waals surface area contributed by atoms with Crippen LogP contribution in [0, 0.1) is 5.92 Å². The highest BCUT2D eigenvalue weighted by Crippen LogP contribution is 2.41. The van der Waals surface area contributed by atoms with E-state index >= 15 is 0 Å². The fourth-order valence-corrected chi connectivity index (χ4v) is 5.37. The summed E-state index contributed by atoms with van der Waals surface area (Å²) in [4.78, 5) is 26.6. The van der Waals surface area contributed by atoms with E-state index in [0.717, 1.165) is 59.2 Å². The lowest BCUT2D eigenvalue weighted by atomic mass is 10.0. The molecule has 4 aromatic rings. The monoisotopic (exact) mass is 524 g/mol. The van der Waals surface area contributed by atoms with Gasteiger partial charge in [-0.2, -0.15) is 5.10 Å². The lowest BCUT2D eigenvalue weighted by Gasteiger charge is -2.31. The van der Waals surface area contributed by atoms with Crippen LogP contribution in [0.25, 0.3) is 22.2 Å². The van der Waals surface area contributed by atoms with Crippen molar-refractivity contribution in [2.45, 2.75) is 37.8 Å². The molecule has 200 valence electrons. The minimum atomic E-state index is -0.449. The zero-order valence-electron chi connectivity index (χ0n) is 21.7. The first-order chi connectivity index (χ1) is 19.1. The summed E-state index contributed by atoms with van der Waals surface area (Å²) in [5.74, 6) is 0.933. The van der Waals surface area contributed by atoms with Gasteiger partial charge in [-0.3, -0.25) is 14.7 Å². The molecule has 1 saturated heterocycles. The topological polar surface area (TPSA) is 108 Å². The molecule has 8 nitrogen and oxygen atoms in total. The molecule has 8 heteroatoms. The second kappa shape index (κ2) is 10.9. The molecule has 1 saturated carbocycles. The number of aromatic nitrogens is 2. The van der Waals surface area contributed by atoms with Gasteiger partial charge in [0.05, 0.1) is 17.3 Å². The van der Waals surface area contributed by atoms with E-state index in [9.17, 15) is 9.59 Å². The van der Waals surface area contributed by atoms with Crippen molar-refractivity contribution in [3.05, 3.63) is 83.9 Å². The number of benzene rings is 3. The van der Waals surface area contributed by atoms with Crippen LogP contribution in [-0.4, -0.2) is 57.8 Å². The maximum Gasteiger partial charge on any atom is 0.251 e. The Morgan fingerprint density at radius 2 is 1.74 bits per heavy atom. The summed E-state index contributed by atoms with van der Waals surface area (Å²) >= 11 is 0. The number of rotatable bonds is 8. The van der Waals surface area contributed by atoms with E-state index < -0.39 is 6.61 Å². The van der Waals surface area contributed by atoms with Gasteiger partial charge >= 0.3 is 0 Å². The van der Waals surface area contributed by atoms with Gasteiger partial charge in [-0.05, 0) is 66.8 Å². The molecule has 2 fully saturated rings. The highest BCUT2D eigenvalue weighted by atomic mass is 16.5. The molecule has 3 N–H and O–H groups in total.